The topological polar surface area (TPSA) is 101 Å². The van der Waals surface area contributed by atoms with E-state index in [2.05, 4.69) is 0 Å². The lowest BCUT2D eigenvalue weighted by Crippen LogP contribution is -2.35. The lowest BCUT2D eigenvalue weighted by atomic mass is 9.75. The van der Waals surface area contributed by atoms with Crippen LogP contribution in [0.2, 0.25) is 0 Å². The molecule has 2 atom stereocenters. The average Bonchev–Trinajstić information content (AvgIpc) is 2.35. The van der Waals surface area contributed by atoms with E-state index >= 15 is 0 Å². The van der Waals surface area contributed by atoms with Crippen LogP contribution in [0.4, 0.5) is 0 Å². The van der Waals surface area contributed by atoms with Gasteiger partial charge in [-0.3, -0.25) is 14.4 Å². The monoisotopic (exact) mass is 258 g/mol. The number of ether oxygens (including phenoxy) is 1. The number of hydrogen-bond donors (Lipinski definition) is 2. The number of hydrogen-bond acceptors (Lipinski definition) is 4. The molecule has 0 saturated heterocycles. The Hall–Kier alpha value is -1.59. The molecule has 1 aliphatic rings. The Morgan fingerprint density at radius 1 is 1.00 bits per heavy atom. The number of carboxylic acid groups (broad SMARTS) is 2. The smallest absolute Gasteiger partial charge is 0.308 e. The fourth-order valence-corrected chi connectivity index (χ4v) is 2.24. The van der Waals surface area contributed by atoms with Crippen molar-refractivity contribution in [2.45, 2.75) is 32.6 Å². The highest BCUT2D eigenvalue weighted by molar-refractivity contribution is 5.79. The molecule has 6 nitrogen and oxygen atoms in total. The van der Waals surface area contributed by atoms with Gasteiger partial charge in [0.1, 0.15) is 0 Å². The van der Waals surface area contributed by atoms with E-state index in [1.165, 1.54) is 0 Å². The summed E-state index contributed by atoms with van der Waals surface area (Å²) in [5.41, 5.74) is 0. The molecule has 0 amide bonds. The minimum absolute atomic E-state index is 0.0855. The number of carbonyl (C=O) groups is 3. The van der Waals surface area contributed by atoms with Crippen molar-refractivity contribution in [3.63, 3.8) is 0 Å². The summed E-state index contributed by atoms with van der Waals surface area (Å²) < 4.78 is 4.96. The number of rotatable bonds is 5. The standard InChI is InChI=1S/C12H18O6/c1-2-3-18-12(17)9-5-7(10(13)14)4-8(6-9)11(15)16/h7-9H,2-6H2,1H3,(H,13,14)(H,15,16). The van der Waals surface area contributed by atoms with E-state index in [0.29, 0.717) is 6.42 Å². The predicted molar refractivity (Wildman–Crippen MR) is 60.8 cm³/mol. The first-order valence-electron chi connectivity index (χ1n) is 6.08. The van der Waals surface area contributed by atoms with E-state index in [1.807, 2.05) is 6.92 Å². The zero-order valence-corrected chi connectivity index (χ0v) is 10.3. The van der Waals surface area contributed by atoms with Crippen molar-refractivity contribution in [1.82, 2.24) is 0 Å². The van der Waals surface area contributed by atoms with Crippen LogP contribution in [0.3, 0.4) is 0 Å². The van der Waals surface area contributed by atoms with Gasteiger partial charge in [0.05, 0.1) is 24.4 Å². The fraction of sp³-hybridized carbons (Fsp3) is 0.750. The molecule has 0 spiro atoms. The molecule has 2 unspecified atom stereocenters. The van der Waals surface area contributed by atoms with Gasteiger partial charge in [-0.05, 0) is 25.7 Å². The van der Waals surface area contributed by atoms with Crippen LogP contribution in [0.25, 0.3) is 0 Å². The summed E-state index contributed by atoms with van der Waals surface area (Å²) in [7, 11) is 0. The quantitative estimate of drug-likeness (QED) is 0.717. The summed E-state index contributed by atoms with van der Waals surface area (Å²) in [5.74, 6) is -4.75. The molecule has 1 fully saturated rings. The van der Waals surface area contributed by atoms with Crippen LogP contribution >= 0.6 is 0 Å². The van der Waals surface area contributed by atoms with Gasteiger partial charge in [-0.2, -0.15) is 0 Å². The van der Waals surface area contributed by atoms with E-state index in [1.54, 1.807) is 0 Å². The lowest BCUT2D eigenvalue weighted by molar-refractivity contribution is -0.156. The molecule has 6 heteroatoms. The third-order valence-corrected chi connectivity index (χ3v) is 3.19. The molecule has 0 bridgehead atoms. The van der Waals surface area contributed by atoms with Gasteiger partial charge in [-0.15, -0.1) is 0 Å². The van der Waals surface area contributed by atoms with E-state index < -0.39 is 35.7 Å². The summed E-state index contributed by atoms with van der Waals surface area (Å²) in [6, 6.07) is 0. The lowest BCUT2D eigenvalue weighted by Gasteiger charge is -2.29. The van der Waals surface area contributed by atoms with Gasteiger partial charge >= 0.3 is 17.9 Å². The Bertz CT molecular complexity index is 315. The van der Waals surface area contributed by atoms with Crippen LogP contribution in [0, 0.1) is 17.8 Å². The first-order valence-corrected chi connectivity index (χ1v) is 6.08. The van der Waals surface area contributed by atoms with Crippen LogP contribution in [0.1, 0.15) is 32.6 Å². The van der Waals surface area contributed by atoms with Gasteiger partial charge in [0.25, 0.3) is 0 Å². The number of aliphatic carboxylic acids is 2. The Morgan fingerprint density at radius 2 is 1.44 bits per heavy atom. The summed E-state index contributed by atoms with van der Waals surface area (Å²) in [6.45, 7) is 2.14. The van der Waals surface area contributed by atoms with Crippen molar-refractivity contribution in [2.24, 2.45) is 17.8 Å². The molecule has 0 aromatic rings. The van der Waals surface area contributed by atoms with Crippen LogP contribution in [0.5, 0.6) is 0 Å². The number of esters is 1. The molecular formula is C12H18O6. The maximum absolute atomic E-state index is 11.7. The van der Waals surface area contributed by atoms with E-state index in [-0.39, 0.29) is 25.9 Å². The number of carboxylic acids is 2. The van der Waals surface area contributed by atoms with E-state index in [0.717, 1.165) is 0 Å². The summed E-state index contributed by atoms with van der Waals surface area (Å²) in [4.78, 5) is 33.6. The van der Waals surface area contributed by atoms with Crippen LogP contribution in [-0.2, 0) is 19.1 Å². The molecule has 102 valence electrons. The minimum atomic E-state index is -1.05. The molecule has 1 aliphatic carbocycles. The first-order chi connectivity index (χ1) is 8.45. The van der Waals surface area contributed by atoms with Crippen molar-refractivity contribution in [3.8, 4) is 0 Å². The third kappa shape index (κ3) is 3.72. The maximum atomic E-state index is 11.7. The molecule has 0 aromatic heterocycles. The molecule has 0 aromatic carbocycles. The Labute approximate surface area is 105 Å². The second-order valence-corrected chi connectivity index (χ2v) is 4.64. The van der Waals surface area contributed by atoms with Crippen LogP contribution < -0.4 is 0 Å². The highest BCUT2D eigenvalue weighted by Gasteiger charge is 2.39. The Kier molecular flexibility index (Phi) is 5.12. The van der Waals surface area contributed by atoms with E-state index in [9.17, 15) is 14.4 Å². The largest absolute Gasteiger partial charge is 0.481 e. The first kappa shape index (κ1) is 14.5. The van der Waals surface area contributed by atoms with Crippen molar-refractivity contribution in [1.29, 1.82) is 0 Å². The molecule has 0 radical (unpaired) electrons. The molecule has 0 aliphatic heterocycles. The molecule has 0 heterocycles. The van der Waals surface area contributed by atoms with Gasteiger partial charge in [0, 0.05) is 0 Å². The zero-order chi connectivity index (χ0) is 13.7. The van der Waals surface area contributed by atoms with Crippen LogP contribution in [-0.4, -0.2) is 34.7 Å². The van der Waals surface area contributed by atoms with Gasteiger partial charge in [-0.1, -0.05) is 6.92 Å². The Morgan fingerprint density at radius 3 is 1.83 bits per heavy atom. The molecule has 18 heavy (non-hydrogen) atoms. The molecule has 1 rings (SSSR count). The maximum Gasteiger partial charge on any atom is 0.308 e. The predicted octanol–water partition coefficient (Wildman–Crippen LogP) is 1.14. The average molecular weight is 258 g/mol. The van der Waals surface area contributed by atoms with Gasteiger partial charge in [0.15, 0.2) is 0 Å². The minimum Gasteiger partial charge on any atom is -0.481 e. The van der Waals surface area contributed by atoms with Crippen molar-refractivity contribution in [2.75, 3.05) is 6.61 Å². The molecule has 2 N–H and O–H groups in total. The summed E-state index contributed by atoms with van der Waals surface area (Å²) >= 11 is 0. The molecule has 1 saturated carbocycles. The van der Waals surface area contributed by atoms with E-state index in [4.69, 9.17) is 14.9 Å². The summed E-state index contributed by atoms with van der Waals surface area (Å²) in [5, 5.41) is 17.9. The van der Waals surface area contributed by atoms with Crippen molar-refractivity contribution < 1.29 is 29.3 Å². The third-order valence-electron chi connectivity index (χ3n) is 3.19. The second kappa shape index (κ2) is 6.37. The Balaban J connectivity index is 2.69. The van der Waals surface area contributed by atoms with Crippen molar-refractivity contribution >= 4 is 17.9 Å². The zero-order valence-electron chi connectivity index (χ0n) is 10.3. The van der Waals surface area contributed by atoms with Gasteiger partial charge < -0.3 is 14.9 Å². The van der Waals surface area contributed by atoms with Gasteiger partial charge in [-0.25, -0.2) is 0 Å². The summed E-state index contributed by atoms with van der Waals surface area (Å²) in [6.07, 6.45) is 1.11. The van der Waals surface area contributed by atoms with Crippen molar-refractivity contribution in [3.05, 3.63) is 0 Å². The SMILES string of the molecule is CCCOC(=O)C1CC(C(=O)O)CC(C(=O)O)C1. The number of carbonyl (C=O) groups excluding carboxylic acids is 1. The fourth-order valence-electron chi connectivity index (χ4n) is 2.24. The van der Waals surface area contributed by atoms with Gasteiger partial charge in [0.2, 0.25) is 0 Å². The highest BCUT2D eigenvalue weighted by atomic mass is 16.5. The van der Waals surface area contributed by atoms with Crippen LogP contribution in [0.15, 0.2) is 0 Å². The molecular weight excluding hydrogens is 240 g/mol. The highest BCUT2D eigenvalue weighted by Crippen LogP contribution is 2.34. The normalized spacial score (nSPS) is 27.5. The second-order valence-electron chi connectivity index (χ2n) is 4.64.